The lowest BCUT2D eigenvalue weighted by molar-refractivity contribution is 0.0603. The number of rotatable bonds is 2. The van der Waals surface area contributed by atoms with E-state index in [4.69, 9.17) is 9.15 Å². The number of esters is 1. The van der Waals surface area contributed by atoms with Crippen LogP contribution in [0.2, 0.25) is 0 Å². The van der Waals surface area contributed by atoms with Gasteiger partial charge in [-0.1, -0.05) is 0 Å². The molecular weight excluding hydrogens is 309 g/mol. The highest BCUT2D eigenvalue weighted by molar-refractivity contribution is 6.09. The fraction of sp³-hybridized carbons (Fsp3) is 0.211. The molecule has 24 heavy (non-hydrogen) atoms. The Labute approximate surface area is 138 Å². The first kappa shape index (κ1) is 14.8. The molecule has 4 nitrogen and oxygen atoms in total. The number of furan rings is 1. The highest BCUT2D eigenvalue weighted by Gasteiger charge is 2.24. The molecule has 1 aromatic heterocycles. The molecule has 0 unspecified atom stereocenters. The number of anilines is 1. The van der Waals surface area contributed by atoms with Gasteiger partial charge in [-0.25, -0.2) is 9.18 Å². The number of fused-ring (bicyclic) bond motifs is 2. The van der Waals surface area contributed by atoms with E-state index in [0.717, 1.165) is 36.0 Å². The first-order chi connectivity index (χ1) is 11.7. The highest BCUT2D eigenvalue weighted by Crippen LogP contribution is 2.38. The van der Waals surface area contributed by atoms with Crippen LogP contribution >= 0.6 is 0 Å². The normalized spacial score (nSPS) is 13.4. The minimum atomic E-state index is -0.461. The lowest BCUT2D eigenvalue weighted by atomic mass is 9.99. The fourth-order valence-electron chi connectivity index (χ4n) is 3.17. The summed E-state index contributed by atoms with van der Waals surface area (Å²) in [7, 11) is 1.34. The first-order valence-electron chi connectivity index (χ1n) is 7.85. The predicted molar refractivity (Wildman–Crippen MR) is 89.8 cm³/mol. The van der Waals surface area contributed by atoms with E-state index in [-0.39, 0.29) is 5.82 Å². The Morgan fingerprint density at radius 2 is 2.04 bits per heavy atom. The van der Waals surface area contributed by atoms with Crippen LogP contribution in [0.1, 0.15) is 22.3 Å². The van der Waals surface area contributed by atoms with Crippen LogP contribution in [0.5, 0.6) is 0 Å². The number of hydrogen-bond acceptors (Lipinski definition) is 4. The molecule has 5 heteroatoms. The van der Waals surface area contributed by atoms with Crippen molar-refractivity contribution in [3.05, 3.63) is 53.3 Å². The zero-order valence-corrected chi connectivity index (χ0v) is 13.2. The van der Waals surface area contributed by atoms with Gasteiger partial charge >= 0.3 is 5.97 Å². The van der Waals surface area contributed by atoms with Gasteiger partial charge in [0.15, 0.2) is 0 Å². The van der Waals surface area contributed by atoms with Crippen LogP contribution < -0.4 is 5.32 Å². The number of hydrogen-bond donors (Lipinski definition) is 1. The summed E-state index contributed by atoms with van der Waals surface area (Å²) in [6.45, 7) is 0.924. The molecule has 0 spiro atoms. The van der Waals surface area contributed by atoms with E-state index in [2.05, 4.69) is 5.32 Å². The second-order valence-electron chi connectivity index (χ2n) is 5.84. The van der Waals surface area contributed by atoms with Gasteiger partial charge in [-0.15, -0.1) is 0 Å². The largest absolute Gasteiger partial charge is 0.465 e. The average Bonchev–Trinajstić information content (AvgIpc) is 2.98. The van der Waals surface area contributed by atoms with Crippen LogP contribution in [0.15, 0.2) is 40.8 Å². The van der Waals surface area contributed by atoms with Gasteiger partial charge in [0, 0.05) is 29.2 Å². The van der Waals surface area contributed by atoms with Crippen molar-refractivity contribution < 1.29 is 18.3 Å². The number of methoxy groups -OCH3 is 1. The molecule has 0 fully saturated rings. The Morgan fingerprint density at radius 1 is 1.25 bits per heavy atom. The van der Waals surface area contributed by atoms with E-state index in [1.54, 1.807) is 12.1 Å². The number of benzene rings is 2. The first-order valence-corrected chi connectivity index (χ1v) is 7.85. The highest BCUT2D eigenvalue weighted by atomic mass is 19.1. The molecule has 2 heterocycles. The average molecular weight is 325 g/mol. The van der Waals surface area contributed by atoms with E-state index < -0.39 is 5.97 Å². The third kappa shape index (κ3) is 2.33. The maximum atomic E-state index is 13.2. The second-order valence-corrected chi connectivity index (χ2v) is 5.84. The summed E-state index contributed by atoms with van der Waals surface area (Å²) in [6, 6.07) is 9.78. The molecule has 0 aliphatic carbocycles. The van der Waals surface area contributed by atoms with Crippen molar-refractivity contribution in [2.24, 2.45) is 0 Å². The molecule has 122 valence electrons. The summed E-state index contributed by atoms with van der Waals surface area (Å²) in [5, 5.41) is 4.07. The van der Waals surface area contributed by atoms with Crippen molar-refractivity contribution in [1.29, 1.82) is 0 Å². The van der Waals surface area contributed by atoms with Crippen molar-refractivity contribution in [2.45, 2.75) is 12.8 Å². The molecule has 4 rings (SSSR count). The number of nitrogens with one attached hydrogen (secondary N) is 1. The van der Waals surface area contributed by atoms with Crippen LogP contribution in [0.25, 0.3) is 22.3 Å². The molecule has 0 saturated carbocycles. The summed E-state index contributed by atoms with van der Waals surface area (Å²) in [4.78, 5) is 12.3. The van der Waals surface area contributed by atoms with Crippen LogP contribution in [0.3, 0.4) is 0 Å². The standard InChI is InChI=1S/C19H16FNO3/c1-23-19(22)17-14-9-12-3-2-8-21-15(12)10-16(14)24-18(17)11-4-6-13(20)7-5-11/h4-7,9-10,21H,2-3,8H2,1H3. The smallest absolute Gasteiger partial charge is 0.342 e. The van der Waals surface area contributed by atoms with Gasteiger partial charge in [0.25, 0.3) is 0 Å². The van der Waals surface area contributed by atoms with E-state index >= 15 is 0 Å². The van der Waals surface area contributed by atoms with E-state index in [1.165, 1.54) is 19.2 Å². The second kappa shape index (κ2) is 5.67. The van der Waals surface area contributed by atoms with Gasteiger partial charge in [-0.2, -0.15) is 0 Å². The maximum absolute atomic E-state index is 13.2. The van der Waals surface area contributed by atoms with Gasteiger partial charge < -0.3 is 14.5 Å². The van der Waals surface area contributed by atoms with Gasteiger partial charge in [0.2, 0.25) is 0 Å². The van der Waals surface area contributed by atoms with Gasteiger partial charge in [0.05, 0.1) is 7.11 Å². The molecule has 3 aromatic rings. The third-order valence-electron chi connectivity index (χ3n) is 4.35. The predicted octanol–water partition coefficient (Wildman–Crippen LogP) is 4.38. The summed E-state index contributed by atoms with van der Waals surface area (Å²) >= 11 is 0. The topological polar surface area (TPSA) is 51.5 Å². The monoisotopic (exact) mass is 325 g/mol. The molecule has 1 aliphatic heterocycles. The van der Waals surface area contributed by atoms with E-state index in [0.29, 0.717) is 22.5 Å². The zero-order chi connectivity index (χ0) is 16.7. The zero-order valence-electron chi connectivity index (χ0n) is 13.2. The fourth-order valence-corrected chi connectivity index (χ4v) is 3.17. The quantitative estimate of drug-likeness (QED) is 0.710. The van der Waals surface area contributed by atoms with Crippen molar-refractivity contribution >= 4 is 22.6 Å². The van der Waals surface area contributed by atoms with Crippen LogP contribution in [-0.2, 0) is 11.2 Å². The molecule has 0 radical (unpaired) electrons. The van der Waals surface area contributed by atoms with Gasteiger partial charge in [0.1, 0.15) is 22.7 Å². The summed E-state index contributed by atoms with van der Waals surface area (Å²) in [6.07, 6.45) is 2.00. The lowest BCUT2D eigenvalue weighted by Crippen LogP contribution is -2.11. The van der Waals surface area contributed by atoms with E-state index in [9.17, 15) is 9.18 Å². The van der Waals surface area contributed by atoms with Crippen molar-refractivity contribution in [3.63, 3.8) is 0 Å². The third-order valence-corrected chi connectivity index (χ3v) is 4.35. The Bertz CT molecular complexity index is 928. The van der Waals surface area contributed by atoms with Crippen LogP contribution in [0, 0.1) is 5.82 Å². The maximum Gasteiger partial charge on any atom is 0.342 e. The number of carbonyl (C=O) groups is 1. The Morgan fingerprint density at radius 3 is 2.79 bits per heavy atom. The summed E-state index contributed by atoms with van der Waals surface area (Å²) in [5.41, 5.74) is 3.82. The van der Waals surface area contributed by atoms with Crippen LogP contribution in [0.4, 0.5) is 10.1 Å². The molecule has 2 aromatic carbocycles. The molecule has 0 atom stereocenters. The Hall–Kier alpha value is -2.82. The van der Waals surface area contributed by atoms with Crippen LogP contribution in [-0.4, -0.2) is 19.6 Å². The molecule has 0 amide bonds. The lowest BCUT2D eigenvalue weighted by Gasteiger charge is -2.17. The minimum absolute atomic E-state index is 0.339. The number of halogens is 1. The van der Waals surface area contributed by atoms with Crippen molar-refractivity contribution in [1.82, 2.24) is 0 Å². The van der Waals surface area contributed by atoms with E-state index in [1.807, 2.05) is 12.1 Å². The number of carbonyl (C=O) groups excluding carboxylic acids is 1. The van der Waals surface area contributed by atoms with Gasteiger partial charge in [-0.05, 0) is 48.7 Å². The summed E-state index contributed by atoms with van der Waals surface area (Å²) in [5.74, 6) is -0.398. The molecule has 1 N–H and O–H groups in total. The summed E-state index contributed by atoms with van der Waals surface area (Å²) < 4.78 is 24.1. The Balaban J connectivity index is 1.98. The minimum Gasteiger partial charge on any atom is -0.465 e. The van der Waals surface area contributed by atoms with Crippen molar-refractivity contribution in [2.75, 3.05) is 19.0 Å². The van der Waals surface area contributed by atoms with Crippen molar-refractivity contribution in [3.8, 4) is 11.3 Å². The molecule has 0 bridgehead atoms. The molecule has 0 saturated heterocycles. The SMILES string of the molecule is COC(=O)c1c(-c2ccc(F)cc2)oc2cc3c(cc12)CCCN3. The number of aryl methyl sites for hydroxylation is 1. The van der Waals surface area contributed by atoms with Gasteiger partial charge in [-0.3, -0.25) is 0 Å². The Kier molecular flexibility index (Phi) is 3.49. The number of ether oxygens (including phenoxy) is 1. The molecule has 1 aliphatic rings. The molecular formula is C19H16FNO3.